The number of thiazole rings is 1. The van der Waals surface area contributed by atoms with Crippen molar-refractivity contribution in [2.75, 3.05) is 11.5 Å². The second-order valence-corrected chi connectivity index (χ2v) is 6.14. The first kappa shape index (κ1) is 15.6. The van der Waals surface area contributed by atoms with Crippen molar-refractivity contribution in [2.24, 2.45) is 0 Å². The van der Waals surface area contributed by atoms with Gasteiger partial charge < -0.3 is 9.15 Å². The number of hydrogen-bond acceptors (Lipinski definition) is 7. The van der Waals surface area contributed by atoms with E-state index in [4.69, 9.17) is 9.15 Å². The molecule has 0 radical (unpaired) electrons. The van der Waals surface area contributed by atoms with Crippen molar-refractivity contribution in [1.29, 1.82) is 0 Å². The molecule has 0 unspecified atom stereocenters. The second-order valence-electron chi connectivity index (χ2n) is 5.13. The van der Waals surface area contributed by atoms with Crippen LogP contribution in [-0.2, 0) is 4.74 Å². The number of aromatic nitrogens is 3. The lowest BCUT2D eigenvalue weighted by Gasteiger charge is -2.18. The van der Waals surface area contributed by atoms with E-state index in [1.54, 1.807) is 0 Å². The lowest BCUT2D eigenvalue weighted by molar-refractivity contribution is 0.116. The highest BCUT2D eigenvalue weighted by Gasteiger charge is 2.37. The lowest BCUT2D eigenvalue weighted by Crippen LogP contribution is -2.26. The maximum Gasteiger partial charge on any atom is 0.416 e. The van der Waals surface area contributed by atoms with E-state index in [-0.39, 0.29) is 18.5 Å². The Bertz CT molecular complexity index is 899. The van der Waals surface area contributed by atoms with Crippen molar-refractivity contribution in [3.8, 4) is 10.8 Å². The summed E-state index contributed by atoms with van der Waals surface area (Å²) >= 11 is 1.08. The van der Waals surface area contributed by atoms with E-state index in [1.807, 2.05) is 30.3 Å². The summed E-state index contributed by atoms with van der Waals surface area (Å²) in [5.74, 6) is -0.824. The molecule has 1 amide bonds. The number of anilines is 1. The zero-order valence-electron chi connectivity index (χ0n) is 12.5. The summed E-state index contributed by atoms with van der Waals surface area (Å²) < 4.78 is 35.2. The minimum absolute atomic E-state index is 0.0668. The van der Waals surface area contributed by atoms with Gasteiger partial charge in [-0.25, -0.2) is 14.7 Å². The van der Waals surface area contributed by atoms with Gasteiger partial charge in [0.2, 0.25) is 0 Å². The van der Waals surface area contributed by atoms with Gasteiger partial charge in [0.05, 0.1) is 6.20 Å². The maximum atomic E-state index is 12.6. The van der Waals surface area contributed by atoms with Gasteiger partial charge in [0.1, 0.15) is 17.5 Å². The predicted molar refractivity (Wildman–Crippen MR) is 83.4 cm³/mol. The molecular weight excluding hydrogens is 354 g/mol. The van der Waals surface area contributed by atoms with Gasteiger partial charge in [-0.2, -0.15) is 8.78 Å². The molecule has 3 aromatic rings. The Balaban J connectivity index is 1.64. The third-order valence-corrected chi connectivity index (χ3v) is 4.58. The van der Waals surface area contributed by atoms with Crippen LogP contribution < -0.4 is 4.90 Å². The molecule has 0 N–H and O–H groups in total. The average Bonchev–Trinajstić information content (AvgIpc) is 3.34. The zero-order chi connectivity index (χ0) is 17.4. The number of alkyl halides is 2. The summed E-state index contributed by atoms with van der Waals surface area (Å²) in [5.41, 5.74) is 0.905. The number of hydrogen-bond donors (Lipinski definition) is 0. The molecule has 1 fully saturated rings. The Morgan fingerprint density at radius 1 is 1.24 bits per heavy atom. The molecule has 0 spiro atoms. The van der Waals surface area contributed by atoms with Crippen molar-refractivity contribution in [3.05, 3.63) is 48.0 Å². The van der Waals surface area contributed by atoms with Crippen LogP contribution in [0.25, 0.3) is 10.8 Å². The minimum atomic E-state index is -2.84. The van der Waals surface area contributed by atoms with Crippen LogP contribution in [0.1, 0.15) is 23.9 Å². The summed E-state index contributed by atoms with van der Waals surface area (Å²) in [7, 11) is 0. The van der Waals surface area contributed by atoms with Gasteiger partial charge >= 0.3 is 12.5 Å². The van der Waals surface area contributed by atoms with Crippen LogP contribution in [0.15, 0.2) is 40.9 Å². The van der Waals surface area contributed by atoms with Gasteiger partial charge in [-0.05, 0) is 5.56 Å². The quantitative estimate of drug-likeness (QED) is 0.700. The summed E-state index contributed by atoms with van der Waals surface area (Å²) in [6.45, 7) is 0.202. The Morgan fingerprint density at radius 2 is 2.04 bits per heavy atom. The lowest BCUT2D eigenvalue weighted by atomic mass is 10.1. The predicted octanol–water partition coefficient (Wildman–Crippen LogP) is 3.83. The molecule has 1 aromatic carbocycles. The van der Waals surface area contributed by atoms with Crippen LogP contribution in [0, 0.1) is 0 Å². The van der Waals surface area contributed by atoms with Gasteiger partial charge in [-0.1, -0.05) is 41.7 Å². The number of carbonyl (C=O) groups is 1. The maximum absolute atomic E-state index is 12.6. The van der Waals surface area contributed by atoms with Gasteiger partial charge in [0, 0.05) is 0 Å². The van der Waals surface area contributed by atoms with Crippen molar-refractivity contribution < 1.29 is 22.7 Å². The largest absolute Gasteiger partial charge is 0.447 e. The van der Waals surface area contributed by atoms with Gasteiger partial charge in [-0.15, -0.1) is 10.2 Å². The van der Waals surface area contributed by atoms with Crippen molar-refractivity contribution in [2.45, 2.75) is 12.5 Å². The average molecular weight is 364 g/mol. The molecule has 0 saturated carbocycles. The summed E-state index contributed by atoms with van der Waals surface area (Å²) in [6, 6.07) is 9.08. The van der Waals surface area contributed by atoms with Gasteiger partial charge in [0.25, 0.3) is 11.8 Å². The van der Waals surface area contributed by atoms with Crippen molar-refractivity contribution in [1.82, 2.24) is 15.2 Å². The number of halogens is 2. The molecule has 128 valence electrons. The normalized spacial score (nSPS) is 17.3. The summed E-state index contributed by atoms with van der Waals surface area (Å²) in [5, 5.41) is 7.23. The van der Waals surface area contributed by atoms with E-state index in [1.165, 1.54) is 11.1 Å². The van der Waals surface area contributed by atoms with Crippen LogP contribution >= 0.6 is 11.3 Å². The number of nitrogens with zero attached hydrogens (tertiary/aromatic N) is 4. The monoisotopic (exact) mass is 364 g/mol. The molecule has 7 nitrogen and oxygen atoms in total. The minimum Gasteiger partial charge on any atom is -0.447 e. The fourth-order valence-electron chi connectivity index (χ4n) is 2.45. The fraction of sp³-hybridized carbons (Fsp3) is 0.200. The smallest absolute Gasteiger partial charge is 0.416 e. The number of ether oxygens (including phenoxy) is 1. The Morgan fingerprint density at radius 3 is 2.76 bits per heavy atom. The third kappa shape index (κ3) is 2.84. The molecule has 1 aliphatic heterocycles. The molecule has 1 aliphatic rings. The number of cyclic esters (lactones) is 1. The molecule has 2 aromatic heterocycles. The molecule has 0 bridgehead atoms. The van der Waals surface area contributed by atoms with E-state index in [2.05, 4.69) is 15.2 Å². The van der Waals surface area contributed by atoms with Crippen LogP contribution in [0.3, 0.4) is 0 Å². The van der Waals surface area contributed by atoms with Crippen LogP contribution in [0.2, 0.25) is 0 Å². The van der Waals surface area contributed by atoms with Crippen LogP contribution in [0.5, 0.6) is 0 Å². The molecular formula is C15H10F2N4O3S. The molecule has 4 rings (SSSR count). The molecule has 1 atom stereocenters. The number of amides is 1. The number of carbonyl (C=O) groups excluding carboxylic acids is 1. The first-order valence-corrected chi connectivity index (χ1v) is 8.04. The van der Waals surface area contributed by atoms with Crippen LogP contribution in [0.4, 0.5) is 18.7 Å². The van der Waals surface area contributed by atoms with E-state index in [0.29, 0.717) is 10.0 Å². The summed E-state index contributed by atoms with van der Waals surface area (Å²) in [6.07, 6.45) is -1.96. The SMILES string of the molecule is O=C1OC[C@H](c2ccccc2)N1c1ncc(-c2nnc(C(F)F)o2)s1. The number of benzene rings is 1. The highest BCUT2D eigenvalue weighted by Crippen LogP contribution is 2.38. The van der Waals surface area contributed by atoms with E-state index < -0.39 is 18.4 Å². The highest BCUT2D eigenvalue weighted by molar-refractivity contribution is 7.19. The van der Waals surface area contributed by atoms with Gasteiger partial charge in [-0.3, -0.25) is 0 Å². The van der Waals surface area contributed by atoms with E-state index in [9.17, 15) is 13.6 Å². The molecule has 10 heteroatoms. The number of rotatable bonds is 4. The van der Waals surface area contributed by atoms with Crippen molar-refractivity contribution >= 4 is 22.6 Å². The van der Waals surface area contributed by atoms with E-state index >= 15 is 0 Å². The molecule has 0 aliphatic carbocycles. The second kappa shape index (κ2) is 6.20. The Kier molecular flexibility index (Phi) is 3.88. The first-order chi connectivity index (χ1) is 12.1. The fourth-order valence-corrected chi connectivity index (χ4v) is 3.33. The Labute approximate surface area is 143 Å². The Hall–Kier alpha value is -2.88. The van der Waals surface area contributed by atoms with E-state index in [0.717, 1.165) is 16.9 Å². The standard InChI is InChI=1S/C15H10F2N4O3S/c16-11(17)13-20-19-12(24-13)10-6-18-14(25-10)21-9(7-23-15(21)22)8-4-2-1-3-5-8/h1-6,9,11H,7H2/t9-/m1/s1. The third-order valence-electron chi connectivity index (χ3n) is 3.60. The molecule has 3 heterocycles. The zero-order valence-corrected chi connectivity index (χ0v) is 13.3. The first-order valence-electron chi connectivity index (χ1n) is 7.22. The topological polar surface area (TPSA) is 81.4 Å². The molecule has 1 saturated heterocycles. The van der Waals surface area contributed by atoms with Crippen LogP contribution in [-0.4, -0.2) is 27.9 Å². The highest BCUT2D eigenvalue weighted by atomic mass is 32.1. The summed E-state index contributed by atoms with van der Waals surface area (Å²) in [4.78, 5) is 18.1. The van der Waals surface area contributed by atoms with Crippen molar-refractivity contribution in [3.63, 3.8) is 0 Å². The molecule has 25 heavy (non-hydrogen) atoms. The van der Waals surface area contributed by atoms with Gasteiger partial charge in [0.15, 0.2) is 5.13 Å².